The number of nitrogens with zero attached hydrogens (tertiary/aromatic N) is 2. The molecule has 1 saturated heterocycles. The maximum atomic E-state index is 13.7. The van der Waals surface area contributed by atoms with Crippen molar-refractivity contribution < 1.29 is 9.13 Å². The van der Waals surface area contributed by atoms with Crippen LogP contribution in [-0.2, 0) is 6.54 Å². The minimum absolute atomic E-state index is 0.0810. The lowest BCUT2D eigenvalue weighted by Gasteiger charge is -2.36. The maximum absolute atomic E-state index is 13.7. The van der Waals surface area contributed by atoms with Crippen LogP contribution in [0.4, 0.5) is 4.39 Å². The van der Waals surface area contributed by atoms with Crippen LogP contribution in [0.25, 0.3) is 0 Å². The van der Waals surface area contributed by atoms with Crippen LogP contribution >= 0.6 is 0 Å². The summed E-state index contributed by atoms with van der Waals surface area (Å²) in [5.74, 6) is -0.244. The molecule has 0 radical (unpaired) electrons. The van der Waals surface area contributed by atoms with E-state index in [-0.39, 0.29) is 17.9 Å². The van der Waals surface area contributed by atoms with Gasteiger partial charge in [0.25, 0.3) is 5.56 Å². The van der Waals surface area contributed by atoms with Gasteiger partial charge in [0.05, 0.1) is 11.5 Å². The zero-order valence-electron chi connectivity index (χ0n) is 13.9. The Bertz CT molecular complexity index is 820. The van der Waals surface area contributed by atoms with E-state index < -0.39 is 11.2 Å². The Balaban J connectivity index is 1.59. The van der Waals surface area contributed by atoms with Crippen molar-refractivity contribution in [3.63, 3.8) is 0 Å². The molecule has 0 saturated carbocycles. The molecule has 5 nitrogen and oxygen atoms in total. The van der Waals surface area contributed by atoms with Crippen LogP contribution in [0.1, 0.15) is 18.4 Å². The van der Waals surface area contributed by atoms with E-state index in [1.54, 1.807) is 24.4 Å². The minimum atomic E-state index is -0.623. The summed E-state index contributed by atoms with van der Waals surface area (Å²) in [6.45, 7) is 2.13. The number of aromatic amines is 1. The first kappa shape index (κ1) is 17.2. The summed E-state index contributed by atoms with van der Waals surface area (Å²) in [5, 5.41) is 9.61. The number of H-pyrrole nitrogens is 1. The Morgan fingerprint density at radius 2 is 2.00 bits per heavy atom. The number of nitrogens with one attached hydrogen (secondary N) is 1. The van der Waals surface area contributed by atoms with Gasteiger partial charge in [-0.1, -0.05) is 18.2 Å². The Kier molecular flexibility index (Phi) is 5.15. The molecular formula is C19H20FN3O2. The molecule has 1 aromatic carbocycles. The standard InChI is InChI=1S/C19H20FN3O2/c20-16-5-1-2-6-17(16)25-14-19(13-21)7-10-23(11-8-19)12-15-4-3-9-22-18(15)24/h1-6,9H,7-8,10-12,14H2,(H,22,24). The molecule has 25 heavy (non-hydrogen) atoms. The third-order valence-corrected chi connectivity index (χ3v) is 4.68. The second-order valence-electron chi connectivity index (χ2n) is 6.41. The molecule has 1 fully saturated rings. The smallest absolute Gasteiger partial charge is 0.252 e. The molecule has 6 heteroatoms. The van der Waals surface area contributed by atoms with Crippen molar-refractivity contribution >= 4 is 0 Å². The minimum Gasteiger partial charge on any atom is -0.489 e. The Morgan fingerprint density at radius 3 is 2.68 bits per heavy atom. The number of benzene rings is 1. The van der Waals surface area contributed by atoms with E-state index in [1.807, 2.05) is 12.1 Å². The lowest BCUT2D eigenvalue weighted by molar-refractivity contribution is 0.0902. The number of para-hydroxylation sites is 1. The van der Waals surface area contributed by atoms with Gasteiger partial charge in [0.1, 0.15) is 6.61 Å². The fourth-order valence-electron chi connectivity index (χ4n) is 3.03. The molecule has 1 aliphatic heterocycles. The number of hydrogen-bond donors (Lipinski definition) is 1. The van der Waals surface area contributed by atoms with E-state index in [2.05, 4.69) is 16.0 Å². The Labute approximate surface area is 145 Å². The molecule has 3 rings (SSSR count). The summed E-state index contributed by atoms with van der Waals surface area (Å²) in [6.07, 6.45) is 2.87. The van der Waals surface area contributed by atoms with Gasteiger partial charge >= 0.3 is 0 Å². The Morgan fingerprint density at radius 1 is 1.24 bits per heavy atom. The molecule has 0 bridgehead atoms. The van der Waals surface area contributed by atoms with Gasteiger partial charge in [0.15, 0.2) is 11.6 Å². The van der Waals surface area contributed by atoms with Crippen LogP contribution in [-0.4, -0.2) is 29.6 Å². The molecular weight excluding hydrogens is 321 g/mol. The van der Waals surface area contributed by atoms with Gasteiger partial charge in [-0.3, -0.25) is 9.69 Å². The van der Waals surface area contributed by atoms with Crippen molar-refractivity contribution in [3.05, 3.63) is 64.3 Å². The lowest BCUT2D eigenvalue weighted by Crippen LogP contribution is -2.42. The van der Waals surface area contributed by atoms with E-state index >= 15 is 0 Å². The quantitative estimate of drug-likeness (QED) is 0.908. The number of aromatic nitrogens is 1. The normalized spacial score (nSPS) is 17.0. The van der Waals surface area contributed by atoms with Gasteiger partial charge in [-0.25, -0.2) is 4.39 Å². The van der Waals surface area contributed by atoms with Gasteiger partial charge < -0.3 is 9.72 Å². The number of pyridine rings is 1. The van der Waals surface area contributed by atoms with E-state index in [9.17, 15) is 14.4 Å². The molecule has 0 amide bonds. The highest BCUT2D eigenvalue weighted by atomic mass is 19.1. The fourth-order valence-corrected chi connectivity index (χ4v) is 3.03. The zero-order chi connectivity index (χ0) is 17.7. The number of piperidine rings is 1. The first-order valence-electron chi connectivity index (χ1n) is 8.29. The molecule has 1 N–H and O–H groups in total. The Hall–Kier alpha value is -2.65. The van der Waals surface area contributed by atoms with E-state index in [1.165, 1.54) is 6.07 Å². The van der Waals surface area contributed by atoms with Gasteiger partial charge in [0.2, 0.25) is 0 Å². The molecule has 2 heterocycles. The molecule has 2 aromatic rings. The summed E-state index contributed by atoms with van der Waals surface area (Å²) in [7, 11) is 0. The van der Waals surface area contributed by atoms with Crippen molar-refractivity contribution in [2.75, 3.05) is 19.7 Å². The second kappa shape index (κ2) is 7.49. The summed E-state index contributed by atoms with van der Waals surface area (Å²) in [6, 6.07) is 12.2. The van der Waals surface area contributed by atoms with E-state index in [4.69, 9.17) is 4.74 Å². The number of halogens is 1. The van der Waals surface area contributed by atoms with Crippen LogP contribution in [0.15, 0.2) is 47.4 Å². The lowest BCUT2D eigenvalue weighted by atomic mass is 9.80. The van der Waals surface area contributed by atoms with Crippen molar-refractivity contribution in [1.82, 2.24) is 9.88 Å². The SMILES string of the molecule is N#CC1(COc2ccccc2F)CCN(Cc2ccc[nH]c2=O)CC1. The largest absolute Gasteiger partial charge is 0.489 e. The highest BCUT2D eigenvalue weighted by molar-refractivity contribution is 5.24. The third kappa shape index (κ3) is 4.06. The average Bonchev–Trinajstić information content (AvgIpc) is 2.64. The first-order valence-corrected chi connectivity index (χ1v) is 8.29. The maximum Gasteiger partial charge on any atom is 0.252 e. The fraction of sp³-hybridized carbons (Fsp3) is 0.368. The molecule has 0 unspecified atom stereocenters. The van der Waals surface area contributed by atoms with Crippen LogP contribution in [0, 0.1) is 22.6 Å². The van der Waals surface area contributed by atoms with Crippen molar-refractivity contribution in [2.45, 2.75) is 19.4 Å². The number of rotatable bonds is 5. The van der Waals surface area contributed by atoms with E-state index in [0.29, 0.717) is 32.5 Å². The van der Waals surface area contributed by atoms with Gasteiger partial charge in [-0.2, -0.15) is 5.26 Å². The number of hydrogen-bond acceptors (Lipinski definition) is 4. The number of ether oxygens (including phenoxy) is 1. The van der Waals surface area contributed by atoms with Crippen LogP contribution in [0.5, 0.6) is 5.75 Å². The summed E-state index contributed by atoms with van der Waals surface area (Å²) >= 11 is 0. The number of nitriles is 1. The van der Waals surface area contributed by atoms with Crippen LogP contribution in [0.2, 0.25) is 0 Å². The summed E-state index contributed by atoms with van der Waals surface area (Å²) < 4.78 is 19.2. The molecule has 0 aliphatic carbocycles. The highest BCUT2D eigenvalue weighted by Gasteiger charge is 2.36. The van der Waals surface area contributed by atoms with Crippen LogP contribution < -0.4 is 10.3 Å². The molecule has 1 aromatic heterocycles. The average molecular weight is 341 g/mol. The topological polar surface area (TPSA) is 69.1 Å². The summed E-state index contributed by atoms with van der Waals surface area (Å²) in [5.41, 5.74) is 0.0131. The molecule has 1 aliphatic rings. The number of likely N-dealkylation sites (tertiary alicyclic amines) is 1. The summed E-state index contributed by atoms with van der Waals surface area (Å²) in [4.78, 5) is 16.6. The molecule has 0 spiro atoms. The van der Waals surface area contributed by atoms with Crippen molar-refractivity contribution in [2.24, 2.45) is 5.41 Å². The molecule has 130 valence electrons. The van der Waals surface area contributed by atoms with Crippen molar-refractivity contribution in [1.29, 1.82) is 5.26 Å². The van der Waals surface area contributed by atoms with E-state index in [0.717, 1.165) is 5.56 Å². The van der Waals surface area contributed by atoms with Crippen molar-refractivity contribution in [3.8, 4) is 11.8 Å². The predicted octanol–water partition coefficient (Wildman–Crippen LogP) is 2.70. The van der Waals surface area contributed by atoms with Crippen LogP contribution in [0.3, 0.4) is 0 Å². The zero-order valence-corrected chi connectivity index (χ0v) is 13.9. The highest BCUT2D eigenvalue weighted by Crippen LogP contribution is 2.32. The predicted molar refractivity (Wildman–Crippen MR) is 91.5 cm³/mol. The monoisotopic (exact) mass is 341 g/mol. The molecule has 0 atom stereocenters. The van der Waals surface area contributed by atoms with Gasteiger partial charge in [0, 0.05) is 31.4 Å². The second-order valence-corrected chi connectivity index (χ2v) is 6.41. The van der Waals surface area contributed by atoms with Gasteiger partial charge in [-0.15, -0.1) is 0 Å². The first-order chi connectivity index (χ1) is 12.1. The third-order valence-electron chi connectivity index (χ3n) is 4.68. The van der Waals surface area contributed by atoms with Gasteiger partial charge in [-0.05, 0) is 31.0 Å².